The molecular weight excluding hydrogens is 314 g/mol. The van der Waals surface area contributed by atoms with Gasteiger partial charge in [-0.15, -0.1) is 11.3 Å². The minimum absolute atomic E-state index is 0.251. The molecule has 0 atom stereocenters. The molecule has 1 aliphatic heterocycles. The molecule has 6 nitrogen and oxygen atoms in total. The van der Waals surface area contributed by atoms with E-state index in [1.807, 2.05) is 34.5 Å². The normalized spacial score (nSPS) is 15.2. The Morgan fingerprint density at radius 2 is 1.91 bits per heavy atom. The summed E-state index contributed by atoms with van der Waals surface area (Å²) in [4.78, 5) is 18.3. The molecule has 1 aliphatic rings. The number of thiophene rings is 1. The molecule has 0 spiro atoms. The van der Waals surface area contributed by atoms with Gasteiger partial charge in [0, 0.05) is 29.7 Å². The first kappa shape index (κ1) is 14.2. The lowest BCUT2D eigenvalue weighted by molar-refractivity contribution is 0.120. The van der Waals surface area contributed by atoms with E-state index in [0.717, 1.165) is 11.1 Å². The predicted octanol–water partition coefficient (Wildman–Crippen LogP) is 2.34. The number of hydrogen-bond donors (Lipinski definition) is 1. The monoisotopic (exact) mass is 329 g/mol. The maximum Gasteiger partial charge on any atom is 0.301 e. The number of fused-ring (bicyclic) bond motifs is 1. The third-order valence-corrected chi connectivity index (χ3v) is 4.78. The first-order chi connectivity index (χ1) is 11.2. The third kappa shape index (κ3) is 2.58. The lowest BCUT2D eigenvalue weighted by Crippen LogP contribution is -2.37. The molecule has 7 heteroatoms. The molecule has 118 valence electrons. The number of nitrogen functional groups attached to an aromatic ring is 1. The van der Waals surface area contributed by atoms with Crippen LogP contribution in [0.4, 0.5) is 11.7 Å². The van der Waals surface area contributed by atoms with Crippen molar-refractivity contribution < 1.29 is 9.15 Å². The second-order valence-electron chi connectivity index (χ2n) is 5.33. The summed E-state index contributed by atoms with van der Waals surface area (Å²) in [6.45, 7) is 2.56. The van der Waals surface area contributed by atoms with E-state index in [4.69, 9.17) is 14.9 Å². The number of nitrogens with two attached hydrogens (primary N) is 1. The summed E-state index contributed by atoms with van der Waals surface area (Å²) in [5, 5.41) is 1.92. The molecule has 0 amide bonds. The molecule has 2 aromatic heterocycles. The molecule has 23 heavy (non-hydrogen) atoms. The van der Waals surface area contributed by atoms with Crippen LogP contribution in [0, 0.1) is 0 Å². The van der Waals surface area contributed by atoms with E-state index >= 15 is 0 Å². The lowest BCUT2D eigenvalue weighted by Gasteiger charge is -2.25. The number of aromatic nitrogens is 1. The number of benzene rings is 1. The number of hydrogen-bond acceptors (Lipinski definition) is 7. The van der Waals surface area contributed by atoms with Gasteiger partial charge in [0.05, 0.1) is 13.2 Å². The maximum absolute atomic E-state index is 12.3. The molecule has 1 fully saturated rings. The quantitative estimate of drug-likeness (QED) is 0.727. The summed E-state index contributed by atoms with van der Waals surface area (Å²) < 4.78 is 11.8. The van der Waals surface area contributed by atoms with E-state index in [9.17, 15) is 4.79 Å². The molecule has 0 radical (unpaired) electrons. The summed E-state index contributed by atoms with van der Waals surface area (Å²) in [6, 6.07) is 7.88. The van der Waals surface area contributed by atoms with Crippen LogP contribution in [0.2, 0.25) is 0 Å². The smallest absolute Gasteiger partial charge is 0.301 e. The zero-order chi connectivity index (χ0) is 15.8. The first-order valence-corrected chi connectivity index (χ1v) is 8.21. The molecule has 2 N–H and O–H groups in total. The Kier molecular flexibility index (Phi) is 3.51. The molecule has 3 heterocycles. The Bertz CT molecular complexity index is 895. The van der Waals surface area contributed by atoms with Gasteiger partial charge in [0.15, 0.2) is 5.58 Å². The van der Waals surface area contributed by atoms with Gasteiger partial charge in [0.2, 0.25) is 0 Å². The third-order valence-electron chi connectivity index (χ3n) is 3.83. The second-order valence-corrected chi connectivity index (χ2v) is 6.21. The molecule has 0 saturated carbocycles. The topological polar surface area (TPSA) is 81.6 Å². The first-order valence-electron chi connectivity index (χ1n) is 7.33. The van der Waals surface area contributed by atoms with Crippen molar-refractivity contribution in [2.24, 2.45) is 0 Å². The van der Waals surface area contributed by atoms with Gasteiger partial charge in [0.1, 0.15) is 4.70 Å². The van der Waals surface area contributed by atoms with Gasteiger partial charge < -0.3 is 19.8 Å². The Morgan fingerprint density at radius 3 is 2.65 bits per heavy atom. The van der Waals surface area contributed by atoms with Gasteiger partial charge in [-0.2, -0.15) is 4.98 Å². The van der Waals surface area contributed by atoms with Crippen LogP contribution in [0.3, 0.4) is 0 Å². The fourth-order valence-electron chi connectivity index (χ4n) is 2.60. The molecule has 1 saturated heterocycles. The molecule has 0 unspecified atom stereocenters. The van der Waals surface area contributed by atoms with Crippen molar-refractivity contribution in [3.8, 4) is 11.1 Å². The Hall–Kier alpha value is -2.38. The fourth-order valence-corrected chi connectivity index (χ4v) is 3.48. The number of rotatable bonds is 2. The van der Waals surface area contributed by atoms with Crippen LogP contribution in [-0.2, 0) is 4.74 Å². The van der Waals surface area contributed by atoms with Gasteiger partial charge >= 0.3 is 6.01 Å². The fraction of sp³-hybridized carbons (Fsp3) is 0.250. The molecule has 0 bridgehead atoms. The highest BCUT2D eigenvalue weighted by molar-refractivity contribution is 7.17. The highest BCUT2D eigenvalue weighted by Gasteiger charge is 2.19. The van der Waals surface area contributed by atoms with E-state index in [2.05, 4.69) is 4.98 Å². The van der Waals surface area contributed by atoms with Crippen molar-refractivity contribution in [2.45, 2.75) is 0 Å². The van der Waals surface area contributed by atoms with Crippen LogP contribution in [0.25, 0.3) is 21.4 Å². The number of nitrogens with zero attached hydrogens (tertiary/aromatic N) is 2. The summed E-state index contributed by atoms with van der Waals surface area (Å²) in [5.41, 5.74) is 8.63. The van der Waals surface area contributed by atoms with Crippen LogP contribution < -0.4 is 16.2 Å². The molecule has 3 aromatic rings. The summed E-state index contributed by atoms with van der Waals surface area (Å²) >= 11 is 1.35. The highest BCUT2D eigenvalue weighted by Crippen LogP contribution is 2.34. The van der Waals surface area contributed by atoms with Gasteiger partial charge in [-0.05, 0) is 17.7 Å². The minimum atomic E-state index is -0.251. The standard InChI is InChI=1S/C16H15N3O3S/c17-11-3-1-10(2-4-11)12-9-23-14-13(12)22-16(18-15(14)20)19-5-7-21-8-6-19/h1-4,9H,5-8,17H2. The average Bonchev–Trinajstić information content (AvgIpc) is 3.01. The van der Waals surface area contributed by atoms with E-state index in [1.165, 1.54) is 11.3 Å². The Morgan fingerprint density at radius 1 is 1.17 bits per heavy atom. The van der Waals surface area contributed by atoms with Gasteiger partial charge in [-0.1, -0.05) is 12.1 Å². The predicted molar refractivity (Wildman–Crippen MR) is 91.0 cm³/mol. The van der Waals surface area contributed by atoms with Crippen LogP contribution in [0.5, 0.6) is 0 Å². The zero-order valence-electron chi connectivity index (χ0n) is 12.3. The van der Waals surface area contributed by atoms with Crippen LogP contribution in [0.1, 0.15) is 0 Å². The largest absolute Gasteiger partial charge is 0.423 e. The molecule has 1 aromatic carbocycles. The van der Waals surface area contributed by atoms with Crippen LogP contribution in [0.15, 0.2) is 38.9 Å². The maximum atomic E-state index is 12.3. The van der Waals surface area contributed by atoms with Gasteiger partial charge in [-0.3, -0.25) is 4.79 Å². The summed E-state index contributed by atoms with van der Waals surface area (Å²) in [5.74, 6) is 0. The minimum Gasteiger partial charge on any atom is -0.423 e. The van der Waals surface area contributed by atoms with Crippen LogP contribution in [-0.4, -0.2) is 31.3 Å². The Labute approximate surface area is 136 Å². The van der Waals surface area contributed by atoms with Gasteiger partial charge in [0.25, 0.3) is 5.56 Å². The molecule has 0 aliphatic carbocycles. The summed E-state index contributed by atoms with van der Waals surface area (Å²) in [6.07, 6.45) is 0. The van der Waals surface area contributed by atoms with Gasteiger partial charge in [-0.25, -0.2) is 0 Å². The van der Waals surface area contributed by atoms with Crippen molar-refractivity contribution in [3.05, 3.63) is 40.0 Å². The Balaban J connectivity index is 1.84. The second kappa shape index (κ2) is 5.68. The van der Waals surface area contributed by atoms with E-state index in [-0.39, 0.29) is 5.56 Å². The van der Waals surface area contributed by atoms with Crippen molar-refractivity contribution >= 4 is 33.3 Å². The van der Waals surface area contributed by atoms with E-state index in [0.29, 0.717) is 48.3 Å². The summed E-state index contributed by atoms with van der Waals surface area (Å²) in [7, 11) is 0. The average molecular weight is 329 g/mol. The zero-order valence-corrected chi connectivity index (χ0v) is 13.1. The van der Waals surface area contributed by atoms with Crippen molar-refractivity contribution in [2.75, 3.05) is 36.9 Å². The number of anilines is 2. The SMILES string of the molecule is Nc1ccc(-c2csc3c(=O)nc(N4CCOCC4)oc23)cc1. The van der Waals surface area contributed by atoms with Crippen molar-refractivity contribution in [1.82, 2.24) is 4.98 Å². The molecular formula is C16H15N3O3S. The van der Waals surface area contributed by atoms with Crippen LogP contribution >= 0.6 is 11.3 Å². The van der Waals surface area contributed by atoms with Crippen molar-refractivity contribution in [3.63, 3.8) is 0 Å². The lowest BCUT2D eigenvalue weighted by atomic mass is 10.1. The van der Waals surface area contributed by atoms with Crippen molar-refractivity contribution in [1.29, 1.82) is 0 Å². The van der Waals surface area contributed by atoms with E-state index < -0.39 is 0 Å². The number of morpholine rings is 1. The number of ether oxygens (including phenoxy) is 1. The van der Waals surface area contributed by atoms with E-state index in [1.54, 1.807) is 0 Å². The highest BCUT2D eigenvalue weighted by atomic mass is 32.1. The molecule has 4 rings (SSSR count).